The third-order valence-electron chi connectivity index (χ3n) is 7.38. The number of likely N-dealkylation sites (tertiary alicyclic amines) is 1. The molecule has 1 unspecified atom stereocenters. The van der Waals surface area contributed by atoms with Crippen LogP contribution in [0.1, 0.15) is 44.2 Å². The van der Waals surface area contributed by atoms with Gasteiger partial charge < -0.3 is 10.2 Å². The molecule has 33 heavy (non-hydrogen) atoms. The molecule has 2 aliphatic rings. The number of aryl methyl sites for hydroxylation is 1. The van der Waals surface area contributed by atoms with Crippen LogP contribution in [0.2, 0.25) is 0 Å². The predicted octanol–water partition coefficient (Wildman–Crippen LogP) is 3.96. The van der Waals surface area contributed by atoms with Gasteiger partial charge in [0.15, 0.2) is 0 Å². The fraction of sp³-hybridized carbons (Fsp3) is 0.481. The topological polar surface area (TPSA) is 64.7 Å². The van der Waals surface area contributed by atoms with Gasteiger partial charge in [0, 0.05) is 25.3 Å². The van der Waals surface area contributed by atoms with Gasteiger partial charge in [-0.25, -0.2) is 4.79 Å². The maximum absolute atomic E-state index is 12.9. The maximum Gasteiger partial charge on any atom is 0.322 e. The minimum absolute atomic E-state index is 0.147. The normalized spacial score (nSPS) is 21.6. The molecule has 2 heterocycles. The van der Waals surface area contributed by atoms with Crippen LogP contribution in [-0.2, 0) is 17.8 Å². The second kappa shape index (κ2) is 10.4. The van der Waals surface area contributed by atoms with Crippen LogP contribution >= 0.6 is 0 Å². The number of anilines is 1. The van der Waals surface area contributed by atoms with E-state index < -0.39 is 5.54 Å². The van der Waals surface area contributed by atoms with Gasteiger partial charge in [-0.05, 0) is 81.8 Å². The lowest BCUT2D eigenvalue weighted by Gasteiger charge is -2.40. The molecular formula is C27H36N4O2. The molecule has 0 aliphatic carbocycles. The average molecular weight is 449 g/mol. The first kappa shape index (κ1) is 23.3. The number of carbonyl (C=O) groups excluding carboxylic acids is 2. The van der Waals surface area contributed by atoms with Crippen LogP contribution in [0.15, 0.2) is 54.6 Å². The Balaban J connectivity index is 1.37. The Kier molecular flexibility index (Phi) is 7.33. The van der Waals surface area contributed by atoms with Gasteiger partial charge in [0.05, 0.1) is 0 Å². The minimum atomic E-state index is -0.801. The van der Waals surface area contributed by atoms with E-state index in [2.05, 4.69) is 70.7 Å². The smallest absolute Gasteiger partial charge is 0.322 e. The molecule has 0 aromatic heterocycles. The number of hydrogen-bond donors (Lipinski definition) is 2. The highest BCUT2D eigenvalue weighted by atomic mass is 16.2. The maximum atomic E-state index is 12.9. The van der Waals surface area contributed by atoms with Gasteiger partial charge in [-0.15, -0.1) is 0 Å². The molecule has 2 aliphatic heterocycles. The Morgan fingerprint density at radius 1 is 0.939 bits per heavy atom. The summed E-state index contributed by atoms with van der Waals surface area (Å²) in [6, 6.07) is 18.7. The van der Waals surface area contributed by atoms with E-state index in [1.165, 1.54) is 16.8 Å². The zero-order chi connectivity index (χ0) is 23.3. The second-order valence-electron chi connectivity index (χ2n) is 9.25. The van der Waals surface area contributed by atoms with Crippen molar-refractivity contribution in [2.24, 2.45) is 5.92 Å². The monoisotopic (exact) mass is 448 g/mol. The lowest BCUT2D eigenvalue weighted by molar-refractivity contribution is -0.127. The molecule has 6 nitrogen and oxygen atoms in total. The summed E-state index contributed by atoms with van der Waals surface area (Å²) in [5.41, 5.74) is 2.97. The number of nitrogens with zero attached hydrogens (tertiary/aromatic N) is 2. The Hall–Kier alpha value is -2.86. The highest BCUT2D eigenvalue weighted by Gasteiger charge is 2.51. The Labute approximate surface area is 197 Å². The van der Waals surface area contributed by atoms with Crippen molar-refractivity contribution in [1.29, 1.82) is 0 Å². The highest BCUT2D eigenvalue weighted by molar-refractivity contribution is 6.07. The van der Waals surface area contributed by atoms with Crippen LogP contribution in [0.3, 0.4) is 0 Å². The molecule has 2 N–H and O–H groups in total. The van der Waals surface area contributed by atoms with Crippen molar-refractivity contribution < 1.29 is 9.59 Å². The van der Waals surface area contributed by atoms with E-state index >= 15 is 0 Å². The third-order valence-corrected chi connectivity index (χ3v) is 7.38. The van der Waals surface area contributed by atoms with Crippen molar-refractivity contribution in [2.45, 2.75) is 51.6 Å². The minimum Gasteiger partial charge on any atom is -0.372 e. The Morgan fingerprint density at radius 3 is 2.18 bits per heavy atom. The van der Waals surface area contributed by atoms with E-state index in [-0.39, 0.29) is 17.9 Å². The molecule has 3 amide bonds. The number of amides is 3. The van der Waals surface area contributed by atoms with Crippen molar-refractivity contribution in [1.82, 2.24) is 15.5 Å². The van der Waals surface area contributed by atoms with Crippen molar-refractivity contribution in [3.05, 3.63) is 65.7 Å². The molecule has 0 radical (unpaired) electrons. The lowest BCUT2D eigenvalue weighted by atomic mass is 9.74. The Bertz CT molecular complexity index is 934. The number of benzene rings is 2. The van der Waals surface area contributed by atoms with Gasteiger partial charge in [-0.3, -0.25) is 15.0 Å². The van der Waals surface area contributed by atoms with E-state index in [0.717, 1.165) is 52.0 Å². The zero-order valence-electron chi connectivity index (χ0n) is 19.8. The van der Waals surface area contributed by atoms with Crippen molar-refractivity contribution in [2.75, 3.05) is 31.1 Å². The van der Waals surface area contributed by atoms with E-state index in [4.69, 9.17) is 0 Å². The standard InChI is InChI=1S/C27H36N4O2/c1-3-31(4-2)24-12-10-22(11-13-24)20-30-18-15-23(16-19-30)27(25(32)28-26(33)29-27)17-14-21-8-6-5-7-9-21/h5-13,23H,3-4,14-20H2,1-2H3,(H2,28,29,32,33). The molecule has 2 aromatic rings. The number of rotatable bonds is 9. The first-order valence-electron chi connectivity index (χ1n) is 12.3. The van der Waals surface area contributed by atoms with Crippen LogP contribution in [0.5, 0.6) is 0 Å². The van der Waals surface area contributed by atoms with Crippen molar-refractivity contribution >= 4 is 17.6 Å². The molecular weight excluding hydrogens is 412 g/mol. The summed E-state index contributed by atoms with van der Waals surface area (Å²) in [5, 5.41) is 5.54. The molecule has 0 bridgehead atoms. The summed E-state index contributed by atoms with van der Waals surface area (Å²) in [5.74, 6) is -0.0113. The number of imide groups is 1. The fourth-order valence-electron chi connectivity index (χ4n) is 5.40. The SMILES string of the molecule is CCN(CC)c1ccc(CN2CCC(C3(CCc4ccccc4)NC(=O)NC3=O)CC2)cc1. The Morgan fingerprint density at radius 2 is 1.61 bits per heavy atom. The summed E-state index contributed by atoms with van der Waals surface area (Å²) in [4.78, 5) is 29.8. The largest absolute Gasteiger partial charge is 0.372 e. The van der Waals surface area contributed by atoms with Gasteiger partial charge in [0.1, 0.15) is 5.54 Å². The highest BCUT2D eigenvalue weighted by Crippen LogP contribution is 2.35. The summed E-state index contributed by atoms with van der Waals surface area (Å²) in [7, 11) is 0. The quantitative estimate of drug-likeness (QED) is 0.570. The number of piperidine rings is 1. The summed E-state index contributed by atoms with van der Waals surface area (Å²) in [6.07, 6.45) is 3.21. The molecule has 176 valence electrons. The van der Waals surface area contributed by atoms with Gasteiger partial charge >= 0.3 is 6.03 Å². The second-order valence-corrected chi connectivity index (χ2v) is 9.25. The van der Waals surface area contributed by atoms with E-state index in [1.54, 1.807) is 0 Å². The van der Waals surface area contributed by atoms with Crippen LogP contribution < -0.4 is 15.5 Å². The van der Waals surface area contributed by atoms with Gasteiger partial charge in [-0.2, -0.15) is 0 Å². The zero-order valence-corrected chi connectivity index (χ0v) is 19.8. The van der Waals surface area contributed by atoms with Crippen LogP contribution in [0.25, 0.3) is 0 Å². The molecule has 0 spiro atoms. The molecule has 1 atom stereocenters. The number of hydrogen-bond acceptors (Lipinski definition) is 4. The molecule has 6 heteroatoms. The first-order valence-corrected chi connectivity index (χ1v) is 12.3. The van der Waals surface area contributed by atoms with E-state index in [1.807, 2.05) is 18.2 Å². The lowest BCUT2D eigenvalue weighted by Crippen LogP contribution is -2.56. The van der Waals surface area contributed by atoms with E-state index in [0.29, 0.717) is 6.42 Å². The molecule has 4 rings (SSSR count). The summed E-state index contributed by atoms with van der Waals surface area (Å²) < 4.78 is 0. The third kappa shape index (κ3) is 5.22. The van der Waals surface area contributed by atoms with Crippen LogP contribution in [0.4, 0.5) is 10.5 Å². The summed E-state index contributed by atoms with van der Waals surface area (Å²) in [6.45, 7) is 9.17. The van der Waals surface area contributed by atoms with Crippen molar-refractivity contribution in [3.63, 3.8) is 0 Å². The van der Waals surface area contributed by atoms with E-state index in [9.17, 15) is 9.59 Å². The fourth-order valence-corrected chi connectivity index (χ4v) is 5.40. The van der Waals surface area contributed by atoms with Crippen LogP contribution in [0, 0.1) is 5.92 Å². The average Bonchev–Trinajstić information content (AvgIpc) is 3.14. The predicted molar refractivity (Wildman–Crippen MR) is 132 cm³/mol. The van der Waals surface area contributed by atoms with Gasteiger partial charge in [0.25, 0.3) is 5.91 Å². The number of urea groups is 1. The molecule has 2 fully saturated rings. The molecule has 2 saturated heterocycles. The number of nitrogens with one attached hydrogen (secondary N) is 2. The van der Waals surface area contributed by atoms with Crippen molar-refractivity contribution in [3.8, 4) is 0 Å². The number of carbonyl (C=O) groups is 2. The van der Waals surface area contributed by atoms with Gasteiger partial charge in [0.2, 0.25) is 0 Å². The van der Waals surface area contributed by atoms with Crippen LogP contribution in [-0.4, -0.2) is 48.6 Å². The molecule has 2 aromatic carbocycles. The molecule has 0 saturated carbocycles. The summed E-state index contributed by atoms with van der Waals surface area (Å²) >= 11 is 0. The first-order chi connectivity index (χ1) is 16.0. The van der Waals surface area contributed by atoms with Gasteiger partial charge in [-0.1, -0.05) is 42.5 Å².